The Bertz CT molecular complexity index is 2040. The van der Waals surface area contributed by atoms with Gasteiger partial charge in [0.15, 0.2) is 12.6 Å². The Kier molecular flexibility index (Phi) is 19.0. The molecule has 0 aliphatic carbocycles. The molecule has 21 atom stereocenters. The van der Waals surface area contributed by atoms with Crippen molar-refractivity contribution in [3.63, 3.8) is 0 Å². The summed E-state index contributed by atoms with van der Waals surface area (Å²) in [6.07, 6.45) is -11.4. The van der Waals surface area contributed by atoms with Crippen molar-refractivity contribution in [3.05, 3.63) is 32.6 Å². The summed E-state index contributed by atoms with van der Waals surface area (Å²) in [5, 5.41) is 73.4. The number of rotatable bonds is 10. The van der Waals surface area contributed by atoms with Crippen molar-refractivity contribution in [2.24, 2.45) is 17.8 Å². The first kappa shape index (κ1) is 57.8. The van der Waals surface area contributed by atoms with Gasteiger partial charge in [0.05, 0.1) is 60.2 Å². The van der Waals surface area contributed by atoms with E-state index in [1.165, 1.54) is 43.5 Å². The number of urea groups is 1. The smallest absolute Gasteiger partial charge is 0.330 e. The number of ether oxygens (including phenoxy) is 7. The highest BCUT2D eigenvalue weighted by atomic mass is 16.7. The van der Waals surface area contributed by atoms with Crippen LogP contribution in [0.3, 0.4) is 0 Å². The van der Waals surface area contributed by atoms with Gasteiger partial charge in [-0.05, 0) is 94.7 Å². The predicted octanol–water partition coefficient (Wildman–Crippen LogP) is 0.488. The number of methoxy groups -OCH3 is 1. The van der Waals surface area contributed by atoms with Gasteiger partial charge in [0.1, 0.15) is 42.3 Å². The first-order valence-corrected chi connectivity index (χ1v) is 24.7. The first-order chi connectivity index (χ1) is 32.5. The number of H-pyrrole nitrogens is 1. The fourth-order valence-electron chi connectivity index (χ4n) is 11.0. The molecule has 4 aliphatic heterocycles. The van der Waals surface area contributed by atoms with Crippen LogP contribution in [0.2, 0.25) is 0 Å². The summed E-state index contributed by atoms with van der Waals surface area (Å²) in [7, 11) is 5.13. The van der Waals surface area contributed by atoms with E-state index in [0.29, 0.717) is 6.42 Å². The third-order valence-corrected chi connectivity index (χ3v) is 15.4. The van der Waals surface area contributed by atoms with Crippen LogP contribution in [-0.2, 0) is 38.0 Å². The Balaban J connectivity index is 1.58. The van der Waals surface area contributed by atoms with Crippen LogP contribution >= 0.6 is 0 Å². The molecule has 0 bridgehead atoms. The van der Waals surface area contributed by atoms with Gasteiger partial charge in [-0.3, -0.25) is 19.1 Å². The van der Waals surface area contributed by atoms with E-state index in [2.05, 4.69) is 10.3 Å². The molecule has 0 saturated carbocycles. The van der Waals surface area contributed by atoms with Crippen LogP contribution in [0.1, 0.15) is 113 Å². The standard InChI is InChI=1S/C48H83N5O17/c1-15-33-48(11,63)38(56)28(7)52(44(60)49-30-17-34(67-32(30)22-54)53-21-24(3)41(58)50-45(53)61)20-23(2)18-46(9,62)40(70-43-36(55)31(51(12)13)16-25(4)65-43)26(5)37(27(6)42(59)68-33)69-35-19-47(10,64-14)39(57)29(8)66-35/h21,23,25-40,43,54-57,62-63H,15-20,22H2,1-14H3,(H,49,60)(H,50,58,61)/t23-,25-,26+,27-,28-,29+,30+,31+,32-,33?,34-,35+,36-,37+,38-,39+,40-,43+,46-,47-,48-/m1/s1. The number of aromatic amines is 1. The van der Waals surface area contributed by atoms with Crippen LogP contribution in [0.15, 0.2) is 15.8 Å². The summed E-state index contributed by atoms with van der Waals surface area (Å²) < 4.78 is 45.0. The number of esters is 1. The third kappa shape index (κ3) is 12.4. The summed E-state index contributed by atoms with van der Waals surface area (Å²) in [5.74, 6) is -3.55. The van der Waals surface area contributed by atoms with Crippen molar-refractivity contribution in [1.29, 1.82) is 0 Å². The number of likely N-dealkylation sites (N-methyl/N-ethyl adjacent to an activating group) is 1. The molecule has 1 aromatic heterocycles. The number of hydrogen-bond donors (Lipinski definition) is 8. The van der Waals surface area contributed by atoms with Crippen LogP contribution < -0.4 is 16.6 Å². The highest BCUT2D eigenvalue weighted by Gasteiger charge is 2.53. The number of aromatic nitrogens is 2. The minimum atomic E-state index is -2.17. The lowest BCUT2D eigenvalue weighted by Crippen LogP contribution is -2.62. The van der Waals surface area contributed by atoms with Gasteiger partial charge in [-0.2, -0.15) is 0 Å². The number of aliphatic hydroxyl groups is 6. The third-order valence-electron chi connectivity index (χ3n) is 15.4. The van der Waals surface area contributed by atoms with Crippen molar-refractivity contribution in [1.82, 2.24) is 24.7 Å². The van der Waals surface area contributed by atoms with Crippen molar-refractivity contribution < 1.29 is 73.4 Å². The second-order valence-corrected chi connectivity index (χ2v) is 21.5. The SMILES string of the molecule is CCC1OC(=O)[C@H](C)[C@@H](O[C@H]2C[C@@](C)(OC)[C@@H](O)[C@H](C)O2)[C@H](C)[C@@H](O[C@@H]2O[C@H](C)C[C@H](N(C)C)[C@H]2O)[C@](C)(O)C[C@@H](C)CN(C(=O)N[C@H]2C[C@H](n3cc(C)c(=O)[nH]c3=O)O[C@@H]2CO)[C@H](C)[C@@H](O)[C@]1(C)O. The van der Waals surface area contributed by atoms with Crippen molar-refractivity contribution in [2.75, 3.05) is 34.4 Å². The second-order valence-electron chi connectivity index (χ2n) is 21.5. The number of aryl methyl sites for hydroxylation is 1. The zero-order valence-corrected chi connectivity index (χ0v) is 43.4. The monoisotopic (exact) mass is 1000 g/mol. The van der Waals surface area contributed by atoms with E-state index in [-0.39, 0.29) is 43.9 Å². The minimum Gasteiger partial charge on any atom is -0.459 e. The molecule has 0 aromatic carbocycles. The maximum absolute atomic E-state index is 14.7. The second kappa shape index (κ2) is 23.0. The number of nitrogens with zero attached hydrogens (tertiary/aromatic N) is 3. The average molecular weight is 1000 g/mol. The van der Waals surface area contributed by atoms with E-state index in [4.69, 9.17) is 33.2 Å². The topological polar surface area (TPSA) is 294 Å². The van der Waals surface area contributed by atoms with Crippen LogP contribution in [0.4, 0.5) is 4.79 Å². The van der Waals surface area contributed by atoms with Gasteiger partial charge >= 0.3 is 17.7 Å². The number of amides is 2. The largest absolute Gasteiger partial charge is 0.459 e. The molecular formula is C48H83N5O17. The number of cyclic esters (lactones) is 1. The minimum absolute atomic E-state index is 0.000211. The Morgan fingerprint density at radius 1 is 0.957 bits per heavy atom. The van der Waals surface area contributed by atoms with Gasteiger partial charge in [0, 0.05) is 50.2 Å². The van der Waals surface area contributed by atoms with E-state index >= 15 is 0 Å². The fourth-order valence-corrected chi connectivity index (χ4v) is 11.0. The predicted molar refractivity (Wildman–Crippen MR) is 252 cm³/mol. The van der Waals surface area contributed by atoms with E-state index in [1.54, 1.807) is 48.5 Å². The molecule has 8 N–H and O–H groups in total. The highest BCUT2D eigenvalue weighted by Crippen LogP contribution is 2.40. The Morgan fingerprint density at radius 3 is 2.21 bits per heavy atom. The van der Waals surface area contributed by atoms with Gasteiger partial charge < -0.3 is 78.9 Å². The van der Waals surface area contributed by atoms with Crippen LogP contribution in [0.5, 0.6) is 0 Å². The molecule has 4 fully saturated rings. The first-order valence-electron chi connectivity index (χ1n) is 24.7. The van der Waals surface area contributed by atoms with Gasteiger partial charge in [0.2, 0.25) is 0 Å². The fraction of sp³-hybridized carbons (Fsp3) is 0.875. The van der Waals surface area contributed by atoms with Gasteiger partial charge in [-0.15, -0.1) is 0 Å². The summed E-state index contributed by atoms with van der Waals surface area (Å²) in [6, 6.07) is -3.22. The molecule has 2 amide bonds. The Labute approximate surface area is 410 Å². The number of hydrogen-bond acceptors (Lipinski definition) is 18. The molecule has 22 nitrogen and oxygen atoms in total. The molecule has 4 saturated heterocycles. The zero-order valence-electron chi connectivity index (χ0n) is 43.4. The lowest BCUT2D eigenvalue weighted by Gasteiger charge is -2.48. The van der Waals surface area contributed by atoms with E-state index in [9.17, 15) is 49.8 Å². The van der Waals surface area contributed by atoms with Crippen LogP contribution in [-0.4, -0.2) is 199 Å². The molecule has 70 heavy (non-hydrogen) atoms. The van der Waals surface area contributed by atoms with Crippen molar-refractivity contribution in [3.8, 4) is 0 Å². The lowest BCUT2D eigenvalue weighted by molar-refractivity contribution is -0.318. The average Bonchev–Trinajstić information content (AvgIpc) is 3.69. The lowest BCUT2D eigenvalue weighted by atomic mass is 9.77. The van der Waals surface area contributed by atoms with Gasteiger partial charge in [-0.1, -0.05) is 20.8 Å². The molecule has 5 rings (SSSR count). The van der Waals surface area contributed by atoms with E-state index in [1.807, 2.05) is 25.9 Å². The summed E-state index contributed by atoms with van der Waals surface area (Å²) in [6.45, 7) is 17.2. The van der Waals surface area contributed by atoms with Gasteiger partial charge in [0.25, 0.3) is 5.56 Å². The molecule has 4 aliphatic rings. The number of carbonyl (C=O) groups excluding carboxylic acids is 2. The molecule has 5 heterocycles. The quantitative estimate of drug-likeness (QED) is 0.148. The summed E-state index contributed by atoms with van der Waals surface area (Å²) >= 11 is 0. The molecular weight excluding hydrogens is 919 g/mol. The maximum Gasteiger partial charge on any atom is 0.330 e. The Hall–Kier alpha value is -3.10. The number of aliphatic hydroxyl groups excluding tert-OH is 4. The number of nitrogens with one attached hydrogen (secondary N) is 2. The van der Waals surface area contributed by atoms with Gasteiger partial charge in [-0.25, -0.2) is 9.59 Å². The zero-order chi connectivity index (χ0) is 52.5. The maximum atomic E-state index is 14.7. The summed E-state index contributed by atoms with van der Waals surface area (Å²) in [4.78, 5) is 59.7. The molecule has 402 valence electrons. The highest BCUT2D eigenvalue weighted by molar-refractivity contribution is 5.75. The normalized spacial score (nSPS) is 43.8. The summed E-state index contributed by atoms with van der Waals surface area (Å²) in [5.41, 5.74) is -6.21. The molecule has 1 aromatic rings. The molecule has 0 spiro atoms. The Morgan fingerprint density at radius 2 is 1.61 bits per heavy atom. The number of carbonyl (C=O) groups is 2. The van der Waals surface area contributed by atoms with E-state index < -0.39 is 150 Å². The van der Waals surface area contributed by atoms with E-state index in [0.717, 1.165) is 0 Å². The van der Waals surface area contributed by atoms with Crippen molar-refractivity contribution in [2.45, 2.75) is 217 Å². The molecule has 0 radical (unpaired) electrons. The molecule has 1 unspecified atom stereocenters. The molecule has 22 heteroatoms. The van der Waals surface area contributed by atoms with Crippen molar-refractivity contribution >= 4 is 12.0 Å². The van der Waals surface area contributed by atoms with Crippen LogP contribution in [0.25, 0.3) is 0 Å². The van der Waals surface area contributed by atoms with Crippen LogP contribution in [0, 0.1) is 24.7 Å².